The minimum absolute atomic E-state index is 0.000372. The Balaban J connectivity index is 1.71. The van der Waals surface area contributed by atoms with Crippen molar-refractivity contribution in [1.29, 1.82) is 0 Å². The summed E-state index contributed by atoms with van der Waals surface area (Å²) in [5.74, 6) is 1.07. The molecule has 1 fully saturated rings. The molecule has 6 nitrogen and oxygen atoms in total. The lowest BCUT2D eigenvalue weighted by Gasteiger charge is -2.34. The van der Waals surface area contributed by atoms with Crippen molar-refractivity contribution in [3.8, 4) is 5.75 Å². The fourth-order valence-electron chi connectivity index (χ4n) is 3.76. The van der Waals surface area contributed by atoms with Gasteiger partial charge in [-0.25, -0.2) is 0 Å². The van der Waals surface area contributed by atoms with Crippen molar-refractivity contribution in [2.24, 2.45) is 7.05 Å². The summed E-state index contributed by atoms with van der Waals surface area (Å²) in [5.41, 5.74) is 2.49. The molecule has 1 aliphatic rings. The minimum atomic E-state index is -0.0620. The summed E-state index contributed by atoms with van der Waals surface area (Å²) in [6.07, 6.45) is 4.95. The van der Waals surface area contributed by atoms with E-state index in [0.29, 0.717) is 11.3 Å². The minimum Gasteiger partial charge on any atom is -0.497 e. The van der Waals surface area contributed by atoms with E-state index in [1.807, 2.05) is 49.3 Å². The molecule has 3 aromatic rings. The highest BCUT2D eigenvalue weighted by atomic mass is 16.5. The predicted octanol–water partition coefficient (Wildman–Crippen LogP) is 3.85. The summed E-state index contributed by atoms with van der Waals surface area (Å²) >= 11 is 0. The number of rotatable bonds is 3. The van der Waals surface area contributed by atoms with Gasteiger partial charge < -0.3 is 14.1 Å². The third-order valence-electron chi connectivity index (χ3n) is 5.18. The summed E-state index contributed by atoms with van der Waals surface area (Å²) < 4.78 is 13.0. The van der Waals surface area contributed by atoms with Crippen molar-refractivity contribution >= 4 is 16.9 Å². The van der Waals surface area contributed by atoms with Crippen LogP contribution < -0.4 is 4.74 Å². The van der Waals surface area contributed by atoms with Crippen LogP contribution in [0.25, 0.3) is 11.0 Å². The zero-order chi connectivity index (χ0) is 18.3. The molecular formula is C20H23N3O3. The van der Waals surface area contributed by atoms with Gasteiger partial charge in [0.1, 0.15) is 11.3 Å². The van der Waals surface area contributed by atoms with Crippen LogP contribution in [0.15, 0.2) is 34.9 Å². The molecule has 4 rings (SSSR count). The lowest BCUT2D eigenvalue weighted by atomic mass is 9.98. The van der Waals surface area contributed by atoms with Gasteiger partial charge in [0.25, 0.3) is 5.91 Å². The van der Waals surface area contributed by atoms with Gasteiger partial charge in [-0.15, -0.1) is 0 Å². The number of fused-ring (bicyclic) bond motifs is 1. The molecule has 1 saturated heterocycles. The highest BCUT2D eigenvalue weighted by molar-refractivity contribution is 5.99. The van der Waals surface area contributed by atoms with Crippen molar-refractivity contribution in [1.82, 2.24) is 14.7 Å². The summed E-state index contributed by atoms with van der Waals surface area (Å²) in [5, 5.41) is 5.47. The Hall–Kier alpha value is -2.76. The highest BCUT2D eigenvalue weighted by Gasteiger charge is 2.33. The van der Waals surface area contributed by atoms with Crippen molar-refractivity contribution in [2.75, 3.05) is 13.7 Å². The molecule has 6 heteroatoms. The maximum absolute atomic E-state index is 13.3. The van der Waals surface area contributed by atoms with E-state index < -0.39 is 0 Å². The third-order valence-corrected chi connectivity index (χ3v) is 5.18. The standard InChI is InChI=1S/C20H23N3O3/c1-13-15-8-7-14(25-3)12-18(15)26-19(13)20(24)23-10-5-4-6-17(23)16-9-11-22(2)21-16/h7-9,11-12,17H,4-6,10H2,1-3H3. The topological polar surface area (TPSA) is 60.5 Å². The number of ether oxygens (including phenoxy) is 1. The Kier molecular flexibility index (Phi) is 4.18. The molecule has 0 bridgehead atoms. The van der Waals surface area contributed by atoms with Crippen LogP contribution in [0.3, 0.4) is 0 Å². The van der Waals surface area contributed by atoms with E-state index in [-0.39, 0.29) is 11.9 Å². The Labute approximate surface area is 152 Å². The number of carbonyl (C=O) groups excluding carboxylic acids is 1. The molecule has 3 heterocycles. The quantitative estimate of drug-likeness (QED) is 0.717. The van der Waals surface area contributed by atoms with Crippen LogP contribution in [0.2, 0.25) is 0 Å². The second kappa shape index (κ2) is 6.52. The molecule has 1 aliphatic heterocycles. The van der Waals surface area contributed by atoms with Gasteiger partial charge in [0, 0.05) is 36.8 Å². The number of methoxy groups -OCH3 is 1. The second-order valence-corrected chi connectivity index (χ2v) is 6.84. The number of amides is 1. The van der Waals surface area contributed by atoms with Crippen LogP contribution in [0.5, 0.6) is 5.75 Å². The number of piperidine rings is 1. The number of aryl methyl sites for hydroxylation is 2. The molecule has 1 aromatic carbocycles. The maximum atomic E-state index is 13.3. The molecule has 0 aliphatic carbocycles. The largest absolute Gasteiger partial charge is 0.497 e. The van der Waals surface area contributed by atoms with Gasteiger partial charge in [-0.2, -0.15) is 5.10 Å². The third kappa shape index (κ3) is 2.75. The zero-order valence-corrected chi connectivity index (χ0v) is 15.4. The number of benzene rings is 1. The van der Waals surface area contributed by atoms with Gasteiger partial charge in [0.15, 0.2) is 5.76 Å². The van der Waals surface area contributed by atoms with Crippen LogP contribution in [0, 0.1) is 6.92 Å². The molecule has 1 atom stereocenters. The number of carbonyl (C=O) groups is 1. The Morgan fingerprint density at radius 1 is 1.31 bits per heavy atom. The van der Waals surface area contributed by atoms with Crippen LogP contribution in [0.4, 0.5) is 0 Å². The molecule has 0 saturated carbocycles. The molecule has 1 amide bonds. The molecule has 2 aromatic heterocycles. The summed E-state index contributed by atoms with van der Waals surface area (Å²) in [6, 6.07) is 7.64. The number of likely N-dealkylation sites (tertiary alicyclic amines) is 1. The molecule has 1 unspecified atom stereocenters. The summed E-state index contributed by atoms with van der Waals surface area (Å²) in [4.78, 5) is 15.2. The van der Waals surface area contributed by atoms with Crippen LogP contribution in [-0.2, 0) is 7.05 Å². The van der Waals surface area contributed by atoms with E-state index >= 15 is 0 Å². The average molecular weight is 353 g/mol. The van der Waals surface area contributed by atoms with E-state index in [9.17, 15) is 4.79 Å². The predicted molar refractivity (Wildman–Crippen MR) is 98.3 cm³/mol. The van der Waals surface area contributed by atoms with Gasteiger partial charge in [-0.05, 0) is 44.4 Å². The van der Waals surface area contributed by atoms with Crippen molar-refractivity contribution < 1.29 is 13.9 Å². The van der Waals surface area contributed by atoms with E-state index in [1.165, 1.54) is 0 Å². The number of nitrogens with zero attached hydrogens (tertiary/aromatic N) is 3. The number of aromatic nitrogens is 2. The molecule has 136 valence electrons. The van der Waals surface area contributed by atoms with E-state index in [4.69, 9.17) is 9.15 Å². The first-order chi connectivity index (χ1) is 12.6. The van der Waals surface area contributed by atoms with Crippen molar-refractivity contribution in [3.05, 3.63) is 47.5 Å². The monoisotopic (exact) mass is 353 g/mol. The van der Waals surface area contributed by atoms with Crippen molar-refractivity contribution in [2.45, 2.75) is 32.2 Å². The van der Waals surface area contributed by atoms with Gasteiger partial charge in [-0.3, -0.25) is 9.48 Å². The molecule has 26 heavy (non-hydrogen) atoms. The first-order valence-electron chi connectivity index (χ1n) is 8.96. The second-order valence-electron chi connectivity index (χ2n) is 6.84. The Bertz CT molecular complexity index is 957. The van der Waals surface area contributed by atoms with E-state index in [0.717, 1.165) is 48.2 Å². The zero-order valence-electron chi connectivity index (χ0n) is 15.4. The number of furan rings is 1. The summed E-state index contributed by atoms with van der Waals surface area (Å²) in [6.45, 7) is 2.66. The van der Waals surface area contributed by atoms with Crippen molar-refractivity contribution in [3.63, 3.8) is 0 Å². The van der Waals surface area contributed by atoms with E-state index in [2.05, 4.69) is 5.10 Å². The van der Waals surface area contributed by atoms with Crippen LogP contribution in [-0.4, -0.2) is 34.2 Å². The Morgan fingerprint density at radius 2 is 2.15 bits per heavy atom. The number of hydrogen-bond donors (Lipinski definition) is 0. The molecule has 0 N–H and O–H groups in total. The lowest BCUT2D eigenvalue weighted by molar-refractivity contribution is 0.0574. The SMILES string of the molecule is COc1ccc2c(C)c(C(=O)N3CCCCC3c3ccn(C)n3)oc2c1. The van der Waals surface area contributed by atoms with Gasteiger partial charge in [-0.1, -0.05) is 0 Å². The summed E-state index contributed by atoms with van der Waals surface area (Å²) in [7, 11) is 3.52. The molecule has 0 spiro atoms. The molecule has 0 radical (unpaired) electrons. The number of hydrogen-bond acceptors (Lipinski definition) is 4. The smallest absolute Gasteiger partial charge is 0.290 e. The fraction of sp³-hybridized carbons (Fsp3) is 0.400. The fourth-order valence-corrected chi connectivity index (χ4v) is 3.76. The van der Waals surface area contributed by atoms with Crippen LogP contribution >= 0.6 is 0 Å². The highest BCUT2D eigenvalue weighted by Crippen LogP contribution is 2.34. The average Bonchev–Trinajstić information content (AvgIpc) is 3.24. The van der Waals surface area contributed by atoms with Gasteiger partial charge in [0.2, 0.25) is 0 Å². The maximum Gasteiger partial charge on any atom is 0.290 e. The normalized spacial score (nSPS) is 17.7. The molecular weight excluding hydrogens is 330 g/mol. The van der Waals surface area contributed by atoms with Gasteiger partial charge >= 0.3 is 0 Å². The lowest BCUT2D eigenvalue weighted by Crippen LogP contribution is -2.38. The van der Waals surface area contributed by atoms with Gasteiger partial charge in [0.05, 0.1) is 18.8 Å². The van der Waals surface area contributed by atoms with E-state index in [1.54, 1.807) is 11.8 Å². The van der Waals surface area contributed by atoms with Crippen LogP contribution in [0.1, 0.15) is 47.1 Å². The first-order valence-corrected chi connectivity index (χ1v) is 8.96. The Morgan fingerprint density at radius 3 is 2.88 bits per heavy atom. The first kappa shape index (κ1) is 16.7.